The number of guanidine groups is 1. The van der Waals surface area contributed by atoms with Crippen LogP contribution < -0.4 is 11.1 Å². The third-order valence-corrected chi connectivity index (χ3v) is 3.15. The molecule has 0 bridgehead atoms. The molecule has 0 rings (SSSR count). The number of allylic oxidation sites excluding steroid dienone is 3. The molecule has 5 nitrogen and oxygen atoms in total. The number of aliphatic hydroxyl groups is 1. The third kappa shape index (κ3) is 8.42. The number of carbonyl (C=O) groups excluding carboxylic acids is 1. The molecule has 1 atom stereocenters. The summed E-state index contributed by atoms with van der Waals surface area (Å²) in [5.74, 6) is 0.209. The molecule has 0 aliphatic carbocycles. The zero-order valence-electron chi connectivity index (χ0n) is 13.6. The summed E-state index contributed by atoms with van der Waals surface area (Å²) in [7, 11) is 0. The van der Waals surface area contributed by atoms with Crippen LogP contribution in [0, 0.1) is 0 Å². The van der Waals surface area contributed by atoms with Crippen molar-refractivity contribution < 1.29 is 9.90 Å². The van der Waals surface area contributed by atoms with Gasteiger partial charge in [-0.15, -0.1) is 13.2 Å². The number of hydrogen-bond acceptors (Lipinski definition) is 3. The number of ketones is 1. The molecule has 0 heterocycles. The van der Waals surface area contributed by atoms with E-state index in [2.05, 4.69) is 23.5 Å². The summed E-state index contributed by atoms with van der Waals surface area (Å²) in [6.45, 7) is 9.23. The highest BCUT2D eigenvalue weighted by atomic mass is 16.3. The minimum atomic E-state index is -0.710. The number of nitrogens with two attached hydrogens (primary N) is 1. The van der Waals surface area contributed by atoms with Crippen molar-refractivity contribution in [1.29, 1.82) is 0 Å². The van der Waals surface area contributed by atoms with Crippen LogP contribution in [0.25, 0.3) is 0 Å². The fourth-order valence-corrected chi connectivity index (χ4v) is 1.93. The summed E-state index contributed by atoms with van der Waals surface area (Å²) in [5.41, 5.74) is 5.14. The molecule has 0 amide bonds. The van der Waals surface area contributed by atoms with Gasteiger partial charge in [-0.05, 0) is 25.7 Å². The Bertz CT molecular complexity index is 416. The summed E-state index contributed by atoms with van der Waals surface area (Å²) in [4.78, 5) is 15.5. The molecule has 0 radical (unpaired) electrons. The van der Waals surface area contributed by atoms with E-state index in [1.54, 1.807) is 12.2 Å². The predicted octanol–water partition coefficient (Wildman–Crippen LogP) is 2.09. The predicted molar refractivity (Wildman–Crippen MR) is 92.7 cm³/mol. The van der Waals surface area contributed by atoms with E-state index in [0.717, 1.165) is 6.42 Å². The first-order valence-electron chi connectivity index (χ1n) is 7.63. The average molecular weight is 307 g/mol. The van der Waals surface area contributed by atoms with E-state index in [-0.39, 0.29) is 24.9 Å². The highest BCUT2D eigenvalue weighted by Crippen LogP contribution is 2.15. The van der Waals surface area contributed by atoms with Gasteiger partial charge in [0.25, 0.3) is 0 Å². The number of hydrogen-bond donors (Lipinski definition) is 3. The van der Waals surface area contributed by atoms with E-state index < -0.39 is 5.54 Å². The van der Waals surface area contributed by atoms with Crippen molar-refractivity contribution >= 4 is 11.7 Å². The Morgan fingerprint density at radius 1 is 1.41 bits per heavy atom. The minimum Gasteiger partial charge on any atom is -0.394 e. The number of aliphatic imine (C=N–C) groups is 1. The van der Waals surface area contributed by atoms with Crippen LogP contribution in [0.3, 0.4) is 0 Å². The number of rotatable bonds is 12. The topological polar surface area (TPSA) is 87.7 Å². The number of carbonyl (C=O) groups is 1. The molecular weight excluding hydrogens is 278 g/mol. The largest absolute Gasteiger partial charge is 0.394 e. The van der Waals surface area contributed by atoms with Gasteiger partial charge >= 0.3 is 0 Å². The second-order valence-electron chi connectivity index (χ2n) is 5.18. The van der Waals surface area contributed by atoms with E-state index in [1.807, 2.05) is 19.1 Å². The van der Waals surface area contributed by atoms with Crippen LogP contribution in [-0.4, -0.2) is 35.5 Å². The summed E-state index contributed by atoms with van der Waals surface area (Å²) < 4.78 is 0. The van der Waals surface area contributed by atoms with Gasteiger partial charge < -0.3 is 16.2 Å². The van der Waals surface area contributed by atoms with Crippen LogP contribution in [0.2, 0.25) is 0 Å². The lowest BCUT2D eigenvalue weighted by atomic mass is 9.93. The fourth-order valence-electron chi connectivity index (χ4n) is 1.93. The van der Waals surface area contributed by atoms with Crippen molar-refractivity contribution in [3.8, 4) is 0 Å². The van der Waals surface area contributed by atoms with E-state index in [1.165, 1.54) is 0 Å². The molecule has 22 heavy (non-hydrogen) atoms. The van der Waals surface area contributed by atoms with Crippen molar-refractivity contribution in [1.82, 2.24) is 5.32 Å². The van der Waals surface area contributed by atoms with Crippen molar-refractivity contribution in [2.75, 3.05) is 13.2 Å². The Hall–Kier alpha value is -1.88. The highest BCUT2D eigenvalue weighted by molar-refractivity contribution is 5.85. The lowest BCUT2D eigenvalue weighted by Crippen LogP contribution is -2.52. The SMILES string of the molecule is C=CCC=CC(CO)(CCC=C)NC(N)=NCC(=O)CCC. The Balaban J connectivity index is 4.92. The van der Waals surface area contributed by atoms with Crippen molar-refractivity contribution in [3.63, 3.8) is 0 Å². The van der Waals surface area contributed by atoms with Gasteiger partial charge in [0.2, 0.25) is 0 Å². The molecule has 0 aromatic heterocycles. The molecular formula is C17H29N3O2. The van der Waals surface area contributed by atoms with Crippen LogP contribution in [0.5, 0.6) is 0 Å². The average Bonchev–Trinajstić information content (AvgIpc) is 2.51. The maximum atomic E-state index is 11.5. The Morgan fingerprint density at radius 2 is 2.14 bits per heavy atom. The summed E-state index contributed by atoms with van der Waals surface area (Å²) in [6.07, 6.45) is 10.7. The minimum absolute atomic E-state index is 0.0511. The summed E-state index contributed by atoms with van der Waals surface area (Å²) in [5, 5.41) is 12.8. The standard InChI is InChI=1S/C17H29N3O2/c1-4-7-9-12-17(14-21,11-8-5-2)20-16(18)19-13-15(22)10-6-3/h4-5,9,12,21H,1-2,6-8,10-11,13-14H2,3H3,(H3,18,19,20). The molecule has 0 spiro atoms. The lowest BCUT2D eigenvalue weighted by Gasteiger charge is -2.30. The number of nitrogens with zero attached hydrogens (tertiary/aromatic N) is 1. The smallest absolute Gasteiger partial charge is 0.189 e. The molecule has 4 N–H and O–H groups in total. The molecule has 0 aromatic rings. The Labute approximate surface area is 133 Å². The lowest BCUT2D eigenvalue weighted by molar-refractivity contribution is -0.117. The summed E-state index contributed by atoms with van der Waals surface area (Å²) >= 11 is 0. The summed E-state index contributed by atoms with van der Waals surface area (Å²) in [6, 6.07) is 0. The number of Topliss-reactive ketones (excluding diaryl/α,β-unsaturated/α-hetero) is 1. The van der Waals surface area contributed by atoms with E-state index in [0.29, 0.717) is 25.7 Å². The zero-order valence-corrected chi connectivity index (χ0v) is 13.6. The van der Waals surface area contributed by atoms with Gasteiger partial charge in [-0.1, -0.05) is 31.2 Å². The molecule has 0 aliphatic heterocycles. The van der Waals surface area contributed by atoms with Crippen LogP contribution in [-0.2, 0) is 4.79 Å². The van der Waals surface area contributed by atoms with Crippen molar-refractivity contribution in [2.45, 2.75) is 44.6 Å². The van der Waals surface area contributed by atoms with Gasteiger partial charge in [0.05, 0.1) is 12.1 Å². The first-order valence-corrected chi connectivity index (χ1v) is 7.63. The van der Waals surface area contributed by atoms with Crippen molar-refractivity contribution in [2.24, 2.45) is 10.7 Å². The van der Waals surface area contributed by atoms with E-state index in [9.17, 15) is 9.90 Å². The molecule has 0 aromatic carbocycles. The maximum Gasteiger partial charge on any atom is 0.189 e. The molecule has 5 heteroatoms. The molecule has 124 valence electrons. The monoisotopic (exact) mass is 307 g/mol. The van der Waals surface area contributed by atoms with Gasteiger partial charge in [0.15, 0.2) is 11.7 Å². The van der Waals surface area contributed by atoms with Gasteiger partial charge in [0, 0.05) is 6.42 Å². The van der Waals surface area contributed by atoms with Crippen LogP contribution in [0.4, 0.5) is 0 Å². The van der Waals surface area contributed by atoms with E-state index >= 15 is 0 Å². The number of nitrogens with one attached hydrogen (secondary N) is 1. The second-order valence-corrected chi connectivity index (χ2v) is 5.18. The zero-order chi connectivity index (χ0) is 16.8. The van der Waals surface area contributed by atoms with Gasteiger partial charge in [-0.25, -0.2) is 4.99 Å². The molecule has 0 saturated carbocycles. The fraction of sp³-hybridized carbons (Fsp3) is 0.529. The molecule has 0 fully saturated rings. The second kappa shape index (κ2) is 11.7. The first kappa shape index (κ1) is 20.1. The third-order valence-electron chi connectivity index (χ3n) is 3.15. The van der Waals surface area contributed by atoms with Gasteiger partial charge in [0.1, 0.15) is 6.54 Å². The van der Waals surface area contributed by atoms with Crippen LogP contribution in [0.1, 0.15) is 39.0 Å². The molecule has 0 saturated heterocycles. The van der Waals surface area contributed by atoms with Gasteiger partial charge in [-0.3, -0.25) is 4.79 Å². The van der Waals surface area contributed by atoms with Gasteiger partial charge in [-0.2, -0.15) is 0 Å². The normalized spacial score (nSPS) is 14.5. The Kier molecular flexibility index (Phi) is 10.7. The molecule has 0 aliphatic rings. The van der Waals surface area contributed by atoms with E-state index in [4.69, 9.17) is 5.73 Å². The highest BCUT2D eigenvalue weighted by Gasteiger charge is 2.25. The first-order chi connectivity index (χ1) is 10.5. The van der Waals surface area contributed by atoms with Crippen molar-refractivity contribution in [3.05, 3.63) is 37.5 Å². The number of aliphatic hydroxyl groups excluding tert-OH is 1. The maximum absolute atomic E-state index is 11.5. The quantitative estimate of drug-likeness (QED) is 0.293. The molecule has 1 unspecified atom stereocenters. The Morgan fingerprint density at radius 3 is 2.68 bits per heavy atom. The van der Waals surface area contributed by atoms with Crippen LogP contribution >= 0.6 is 0 Å². The van der Waals surface area contributed by atoms with Crippen LogP contribution in [0.15, 0.2) is 42.5 Å².